The summed E-state index contributed by atoms with van der Waals surface area (Å²) in [5.41, 5.74) is -0.505. The first-order valence-electron chi connectivity index (χ1n) is 7.97. The standard InChI is InChI=1S/C18H21NO5/c1-18-11-8-12(20)9-6-4-5-7-10(9)15(11)23-17(24-18)14(21)13(16(18)22)19(2)3/h4-8,13-14,16-17,20-22H,1-3H3/t13-,14-,16+,17+,18+/m0/s1. The molecule has 128 valence electrons. The lowest BCUT2D eigenvalue weighted by Gasteiger charge is -2.53. The summed E-state index contributed by atoms with van der Waals surface area (Å²) in [5.74, 6) is 0.647. The molecule has 2 aromatic carbocycles. The molecule has 0 aromatic heterocycles. The van der Waals surface area contributed by atoms with Gasteiger partial charge in [-0.3, -0.25) is 0 Å². The summed E-state index contributed by atoms with van der Waals surface area (Å²) in [7, 11) is 3.58. The van der Waals surface area contributed by atoms with Gasteiger partial charge in [-0.1, -0.05) is 24.3 Å². The van der Waals surface area contributed by atoms with E-state index in [0.29, 0.717) is 16.7 Å². The van der Waals surface area contributed by atoms with Crippen LogP contribution in [0.3, 0.4) is 0 Å². The molecule has 6 heteroatoms. The van der Waals surface area contributed by atoms with Crippen molar-refractivity contribution in [3.8, 4) is 11.5 Å². The fourth-order valence-corrected chi connectivity index (χ4v) is 3.90. The summed E-state index contributed by atoms with van der Waals surface area (Å²) in [6.07, 6.45) is -2.86. The normalized spacial score (nSPS) is 34.9. The van der Waals surface area contributed by atoms with Crippen LogP contribution >= 0.6 is 0 Å². The molecule has 0 spiro atoms. The second-order valence-corrected chi connectivity index (χ2v) is 6.92. The summed E-state index contributed by atoms with van der Waals surface area (Å²) in [6.45, 7) is 1.77. The van der Waals surface area contributed by atoms with Crippen molar-refractivity contribution in [3.05, 3.63) is 35.9 Å². The molecule has 2 aromatic rings. The molecule has 2 aliphatic heterocycles. The average Bonchev–Trinajstić information content (AvgIpc) is 2.54. The van der Waals surface area contributed by atoms with Crippen LogP contribution in [0.15, 0.2) is 30.3 Å². The van der Waals surface area contributed by atoms with Crippen molar-refractivity contribution in [2.24, 2.45) is 0 Å². The maximum Gasteiger partial charge on any atom is 0.228 e. The maximum absolute atomic E-state index is 10.9. The van der Waals surface area contributed by atoms with E-state index in [0.717, 1.165) is 5.39 Å². The number of rotatable bonds is 1. The number of benzene rings is 2. The molecule has 2 bridgehead atoms. The Balaban J connectivity index is 1.98. The Bertz CT molecular complexity index is 807. The molecule has 2 aliphatic rings. The summed E-state index contributed by atoms with van der Waals surface area (Å²) in [5, 5.41) is 33.3. The first-order valence-corrected chi connectivity index (χ1v) is 7.97. The summed E-state index contributed by atoms with van der Waals surface area (Å²) in [4.78, 5) is 1.76. The number of aliphatic hydroxyl groups excluding tert-OH is 2. The molecule has 0 radical (unpaired) electrons. The first-order chi connectivity index (χ1) is 11.3. The lowest BCUT2D eigenvalue weighted by Crippen LogP contribution is -2.68. The van der Waals surface area contributed by atoms with Crippen LogP contribution in [0, 0.1) is 0 Å². The van der Waals surface area contributed by atoms with E-state index in [-0.39, 0.29) is 5.75 Å². The second-order valence-electron chi connectivity index (χ2n) is 6.92. The molecule has 2 heterocycles. The minimum atomic E-state index is -1.09. The first kappa shape index (κ1) is 15.7. The van der Waals surface area contributed by atoms with Gasteiger partial charge in [0.2, 0.25) is 6.29 Å². The summed E-state index contributed by atoms with van der Waals surface area (Å²) >= 11 is 0. The minimum Gasteiger partial charge on any atom is -0.507 e. The van der Waals surface area contributed by atoms with E-state index in [4.69, 9.17) is 9.47 Å². The van der Waals surface area contributed by atoms with Gasteiger partial charge in [-0.2, -0.15) is 0 Å². The topological polar surface area (TPSA) is 82.4 Å². The van der Waals surface area contributed by atoms with Crippen molar-refractivity contribution in [1.29, 1.82) is 0 Å². The van der Waals surface area contributed by atoms with Crippen molar-refractivity contribution in [1.82, 2.24) is 4.90 Å². The maximum atomic E-state index is 10.9. The van der Waals surface area contributed by atoms with Crippen LogP contribution in [0.1, 0.15) is 12.5 Å². The number of ether oxygens (including phenoxy) is 2. The highest BCUT2D eigenvalue weighted by molar-refractivity contribution is 5.94. The molecule has 6 nitrogen and oxygen atoms in total. The minimum absolute atomic E-state index is 0.107. The Labute approximate surface area is 139 Å². The number of hydrogen-bond acceptors (Lipinski definition) is 6. The predicted molar refractivity (Wildman–Crippen MR) is 88.0 cm³/mol. The van der Waals surface area contributed by atoms with Gasteiger partial charge < -0.3 is 29.7 Å². The molecule has 0 amide bonds. The predicted octanol–water partition coefficient (Wildman–Crippen LogP) is 1.16. The van der Waals surface area contributed by atoms with Crippen LogP contribution in [0.5, 0.6) is 11.5 Å². The van der Waals surface area contributed by atoms with E-state index in [1.54, 1.807) is 38.1 Å². The van der Waals surface area contributed by atoms with Gasteiger partial charge in [0.05, 0.1) is 6.04 Å². The molecule has 4 rings (SSSR count). The Morgan fingerprint density at radius 1 is 1.12 bits per heavy atom. The Morgan fingerprint density at radius 2 is 1.79 bits per heavy atom. The number of hydrogen-bond donors (Lipinski definition) is 3. The smallest absolute Gasteiger partial charge is 0.228 e. The highest BCUT2D eigenvalue weighted by Crippen LogP contribution is 2.51. The van der Waals surface area contributed by atoms with Crippen molar-refractivity contribution in [2.75, 3.05) is 14.1 Å². The van der Waals surface area contributed by atoms with Crippen LogP contribution in [0.4, 0.5) is 0 Å². The van der Waals surface area contributed by atoms with Gasteiger partial charge in [-0.15, -0.1) is 0 Å². The zero-order chi connectivity index (χ0) is 17.2. The van der Waals surface area contributed by atoms with Crippen LogP contribution in [0.2, 0.25) is 0 Å². The summed E-state index contributed by atoms with van der Waals surface area (Å²) < 4.78 is 11.8. The summed E-state index contributed by atoms with van der Waals surface area (Å²) in [6, 6.07) is 8.38. The second kappa shape index (κ2) is 5.07. The average molecular weight is 331 g/mol. The Hall–Kier alpha value is -1.86. The third-order valence-electron chi connectivity index (χ3n) is 5.22. The fraction of sp³-hybridized carbons (Fsp3) is 0.444. The van der Waals surface area contributed by atoms with Gasteiger partial charge in [0.15, 0.2) is 0 Å². The lowest BCUT2D eigenvalue weighted by molar-refractivity contribution is -0.311. The molecule has 5 atom stereocenters. The number of aliphatic hydroxyl groups is 2. The van der Waals surface area contributed by atoms with Gasteiger partial charge >= 0.3 is 0 Å². The van der Waals surface area contributed by atoms with E-state index in [2.05, 4.69) is 0 Å². The highest BCUT2D eigenvalue weighted by atomic mass is 16.7. The van der Waals surface area contributed by atoms with Gasteiger partial charge in [-0.05, 0) is 27.1 Å². The number of phenols is 1. The van der Waals surface area contributed by atoms with Gasteiger partial charge in [-0.25, -0.2) is 0 Å². The van der Waals surface area contributed by atoms with E-state index in [1.807, 2.05) is 18.2 Å². The number of phenolic OH excluding ortho intramolecular Hbond substituents is 1. The monoisotopic (exact) mass is 331 g/mol. The van der Waals surface area contributed by atoms with Crippen LogP contribution < -0.4 is 4.74 Å². The van der Waals surface area contributed by atoms with E-state index in [9.17, 15) is 15.3 Å². The molecule has 1 fully saturated rings. The van der Waals surface area contributed by atoms with Gasteiger partial charge in [0.25, 0.3) is 0 Å². The fourth-order valence-electron chi connectivity index (χ4n) is 3.90. The molecule has 3 N–H and O–H groups in total. The molecular weight excluding hydrogens is 310 g/mol. The van der Waals surface area contributed by atoms with Crippen LogP contribution in [0.25, 0.3) is 10.8 Å². The van der Waals surface area contributed by atoms with E-state index < -0.39 is 30.1 Å². The van der Waals surface area contributed by atoms with Crippen molar-refractivity contribution in [2.45, 2.75) is 37.1 Å². The largest absolute Gasteiger partial charge is 0.507 e. The lowest BCUT2D eigenvalue weighted by atomic mass is 9.78. The van der Waals surface area contributed by atoms with E-state index in [1.165, 1.54) is 0 Å². The molecule has 0 unspecified atom stereocenters. The molecule has 0 saturated carbocycles. The number of fused-ring (bicyclic) bond motifs is 6. The van der Waals surface area contributed by atoms with E-state index >= 15 is 0 Å². The molecule has 0 aliphatic carbocycles. The number of likely N-dealkylation sites (N-methyl/N-ethyl adjacent to an activating group) is 1. The zero-order valence-corrected chi connectivity index (χ0v) is 13.8. The third-order valence-corrected chi connectivity index (χ3v) is 5.22. The number of nitrogens with zero attached hydrogens (tertiary/aromatic N) is 1. The highest BCUT2D eigenvalue weighted by Gasteiger charge is 2.57. The van der Waals surface area contributed by atoms with Crippen LogP contribution in [-0.2, 0) is 10.3 Å². The molecular formula is C18H21NO5. The van der Waals surface area contributed by atoms with Crippen LogP contribution in [-0.4, -0.2) is 58.9 Å². The van der Waals surface area contributed by atoms with Gasteiger partial charge in [0.1, 0.15) is 29.3 Å². The zero-order valence-electron chi connectivity index (χ0n) is 13.8. The quantitative estimate of drug-likeness (QED) is 0.727. The molecule has 1 saturated heterocycles. The van der Waals surface area contributed by atoms with Crippen molar-refractivity contribution < 1.29 is 24.8 Å². The van der Waals surface area contributed by atoms with Crippen molar-refractivity contribution >= 4 is 10.8 Å². The third kappa shape index (κ3) is 1.91. The van der Waals surface area contributed by atoms with Gasteiger partial charge in [0, 0.05) is 16.3 Å². The Kier molecular flexibility index (Phi) is 3.30. The van der Waals surface area contributed by atoms with Crippen molar-refractivity contribution in [3.63, 3.8) is 0 Å². The molecule has 24 heavy (non-hydrogen) atoms. The number of aromatic hydroxyl groups is 1. The SMILES string of the molecule is CN(C)[C@H]1[C@H](O)[C@@H]2Oc3c(cc(O)c4ccccc34)[C@@](C)(O2)[C@@H]1O. The Morgan fingerprint density at radius 3 is 2.46 bits per heavy atom.